The number of hydrogen-bond donors (Lipinski definition) is 1. The van der Waals surface area contributed by atoms with Crippen LogP contribution in [0.4, 0.5) is 0 Å². The molecule has 1 aliphatic rings. The third-order valence-electron chi connectivity index (χ3n) is 6.48. The smallest absolute Gasteiger partial charge is 0.255 e. The maximum absolute atomic E-state index is 13.5. The Kier molecular flexibility index (Phi) is 5.25. The molecule has 0 radical (unpaired) electrons. The van der Waals surface area contributed by atoms with Crippen molar-refractivity contribution in [2.24, 2.45) is 0 Å². The molecule has 1 atom stereocenters. The van der Waals surface area contributed by atoms with Crippen LogP contribution in [0.5, 0.6) is 0 Å². The molecule has 33 heavy (non-hydrogen) atoms. The maximum Gasteiger partial charge on any atom is 0.255 e. The summed E-state index contributed by atoms with van der Waals surface area (Å²) in [6.07, 6.45) is 0.283. The van der Waals surface area contributed by atoms with Crippen molar-refractivity contribution >= 4 is 22.7 Å². The van der Waals surface area contributed by atoms with Gasteiger partial charge in [-0.1, -0.05) is 66.2 Å². The third kappa shape index (κ3) is 3.59. The fourth-order valence-corrected chi connectivity index (χ4v) is 4.75. The van der Waals surface area contributed by atoms with Gasteiger partial charge in [-0.2, -0.15) is 0 Å². The van der Waals surface area contributed by atoms with E-state index < -0.39 is 0 Å². The number of hydrogen-bond acceptors (Lipinski definition) is 2. The Bertz CT molecular complexity index is 1350. The Hall–Kier alpha value is -3.86. The number of H-pyrrole nitrogens is 1. The van der Waals surface area contributed by atoms with E-state index in [4.69, 9.17) is 0 Å². The van der Waals surface area contributed by atoms with Gasteiger partial charge in [-0.15, -0.1) is 0 Å². The lowest BCUT2D eigenvalue weighted by Crippen LogP contribution is -2.33. The normalized spacial score (nSPS) is 15.2. The van der Waals surface area contributed by atoms with Crippen LogP contribution in [0.2, 0.25) is 0 Å². The zero-order valence-corrected chi connectivity index (χ0v) is 19.1. The summed E-state index contributed by atoms with van der Waals surface area (Å²) in [6, 6.07) is 24.2. The molecule has 2 heterocycles. The van der Waals surface area contributed by atoms with Gasteiger partial charge in [-0.05, 0) is 30.2 Å². The number of carbonyl (C=O) groups is 2. The molecule has 0 saturated carbocycles. The topological polar surface area (TPSA) is 56.4 Å². The van der Waals surface area contributed by atoms with Gasteiger partial charge in [0.2, 0.25) is 5.91 Å². The minimum atomic E-state index is -0.267. The SMILES string of the molecule is Cc1ccc(-c2[nH]c3ccccc3c2[C@@H]2c3ccccc3C(=O)N2CCC(=O)N(C)C)cc1. The standard InChI is InChI=1S/C28H27N3O2/c1-18-12-14-19(15-13-18)26-25(22-10-6-7-11-23(22)29-26)27-20-8-4-5-9-21(20)28(33)31(27)17-16-24(32)30(2)3/h4-15,27,29H,16-17H2,1-3H3/t27-/m0/s1. The number of aryl methyl sites for hydroxylation is 1. The fraction of sp³-hybridized carbons (Fsp3) is 0.214. The molecule has 0 spiro atoms. The summed E-state index contributed by atoms with van der Waals surface area (Å²) in [6.45, 7) is 2.44. The summed E-state index contributed by atoms with van der Waals surface area (Å²) in [5.41, 5.74) is 7.08. The molecule has 0 fully saturated rings. The van der Waals surface area contributed by atoms with Crippen LogP contribution in [0.3, 0.4) is 0 Å². The second-order valence-electron chi connectivity index (χ2n) is 8.85. The average Bonchev–Trinajstić information content (AvgIpc) is 3.33. The van der Waals surface area contributed by atoms with E-state index in [-0.39, 0.29) is 24.3 Å². The van der Waals surface area contributed by atoms with Crippen molar-refractivity contribution in [1.82, 2.24) is 14.8 Å². The van der Waals surface area contributed by atoms with Crippen molar-refractivity contribution < 1.29 is 9.59 Å². The molecular weight excluding hydrogens is 410 g/mol. The zero-order valence-electron chi connectivity index (χ0n) is 19.1. The molecule has 5 rings (SSSR count). The largest absolute Gasteiger partial charge is 0.354 e. The lowest BCUT2D eigenvalue weighted by Gasteiger charge is -2.27. The first-order valence-corrected chi connectivity index (χ1v) is 11.2. The Balaban J connectivity index is 1.70. The van der Waals surface area contributed by atoms with E-state index in [0.717, 1.165) is 33.3 Å². The highest BCUT2D eigenvalue weighted by Gasteiger charge is 2.40. The number of para-hydroxylation sites is 1. The van der Waals surface area contributed by atoms with Gasteiger partial charge in [0.15, 0.2) is 0 Å². The van der Waals surface area contributed by atoms with Crippen LogP contribution >= 0.6 is 0 Å². The van der Waals surface area contributed by atoms with Gasteiger partial charge >= 0.3 is 0 Å². The van der Waals surface area contributed by atoms with Gasteiger partial charge in [0, 0.05) is 49.1 Å². The van der Waals surface area contributed by atoms with Crippen LogP contribution < -0.4 is 0 Å². The monoisotopic (exact) mass is 437 g/mol. The molecule has 5 nitrogen and oxygen atoms in total. The van der Waals surface area contributed by atoms with Crippen LogP contribution in [0, 0.1) is 6.92 Å². The van der Waals surface area contributed by atoms with Crippen molar-refractivity contribution in [3.8, 4) is 11.3 Å². The molecule has 166 valence electrons. The Morgan fingerprint density at radius 3 is 2.42 bits per heavy atom. The van der Waals surface area contributed by atoms with Gasteiger partial charge < -0.3 is 14.8 Å². The summed E-state index contributed by atoms with van der Waals surface area (Å²) in [5.74, 6) is -0.0162. The van der Waals surface area contributed by atoms with Crippen molar-refractivity contribution in [3.63, 3.8) is 0 Å². The third-order valence-corrected chi connectivity index (χ3v) is 6.48. The number of rotatable bonds is 5. The molecule has 0 bridgehead atoms. The Labute approximate surface area is 193 Å². The number of aromatic nitrogens is 1. The summed E-state index contributed by atoms with van der Waals surface area (Å²) in [7, 11) is 3.49. The summed E-state index contributed by atoms with van der Waals surface area (Å²) < 4.78 is 0. The summed E-state index contributed by atoms with van der Waals surface area (Å²) in [5, 5.41) is 1.09. The van der Waals surface area contributed by atoms with Crippen LogP contribution in [0.15, 0.2) is 72.8 Å². The zero-order chi connectivity index (χ0) is 23.1. The lowest BCUT2D eigenvalue weighted by atomic mass is 9.93. The van der Waals surface area contributed by atoms with Crippen LogP contribution in [-0.4, -0.2) is 47.2 Å². The van der Waals surface area contributed by atoms with Gasteiger partial charge in [-0.3, -0.25) is 9.59 Å². The number of nitrogens with one attached hydrogen (secondary N) is 1. The average molecular weight is 438 g/mol. The summed E-state index contributed by atoms with van der Waals surface area (Å²) >= 11 is 0. The molecule has 1 aromatic heterocycles. The van der Waals surface area contributed by atoms with Crippen molar-refractivity contribution in [1.29, 1.82) is 0 Å². The van der Waals surface area contributed by atoms with E-state index in [1.54, 1.807) is 19.0 Å². The van der Waals surface area contributed by atoms with Gasteiger partial charge in [-0.25, -0.2) is 0 Å². The van der Waals surface area contributed by atoms with Gasteiger partial charge in [0.25, 0.3) is 5.91 Å². The number of benzene rings is 3. The highest BCUT2D eigenvalue weighted by atomic mass is 16.2. The maximum atomic E-state index is 13.5. The number of nitrogens with zero attached hydrogens (tertiary/aromatic N) is 2. The van der Waals surface area contributed by atoms with E-state index in [2.05, 4.69) is 48.3 Å². The van der Waals surface area contributed by atoms with E-state index in [1.165, 1.54) is 5.56 Å². The van der Waals surface area contributed by atoms with Crippen LogP contribution in [0.25, 0.3) is 22.2 Å². The van der Waals surface area contributed by atoms with Gasteiger partial charge in [0.05, 0.1) is 11.7 Å². The lowest BCUT2D eigenvalue weighted by molar-refractivity contribution is -0.128. The van der Waals surface area contributed by atoms with E-state index >= 15 is 0 Å². The first-order chi connectivity index (χ1) is 16.0. The fourth-order valence-electron chi connectivity index (χ4n) is 4.75. The predicted molar refractivity (Wildman–Crippen MR) is 131 cm³/mol. The Morgan fingerprint density at radius 2 is 1.67 bits per heavy atom. The number of fused-ring (bicyclic) bond motifs is 2. The van der Waals surface area contributed by atoms with Crippen LogP contribution in [-0.2, 0) is 4.79 Å². The summed E-state index contributed by atoms with van der Waals surface area (Å²) in [4.78, 5) is 32.9. The number of amides is 2. The number of aromatic amines is 1. The minimum Gasteiger partial charge on any atom is -0.354 e. The van der Waals surface area contributed by atoms with Crippen molar-refractivity contribution in [2.75, 3.05) is 20.6 Å². The van der Waals surface area contributed by atoms with Crippen LogP contribution in [0.1, 0.15) is 39.5 Å². The number of carbonyl (C=O) groups excluding carboxylic acids is 2. The van der Waals surface area contributed by atoms with E-state index in [1.807, 2.05) is 41.3 Å². The molecule has 5 heteroatoms. The van der Waals surface area contributed by atoms with Gasteiger partial charge in [0.1, 0.15) is 0 Å². The molecule has 3 aromatic carbocycles. The Morgan fingerprint density at radius 1 is 0.970 bits per heavy atom. The molecular formula is C28H27N3O2. The molecule has 4 aromatic rings. The first-order valence-electron chi connectivity index (χ1n) is 11.2. The minimum absolute atomic E-state index is 0.00944. The first kappa shape index (κ1) is 21.0. The second-order valence-corrected chi connectivity index (χ2v) is 8.85. The van der Waals surface area contributed by atoms with Crippen molar-refractivity contribution in [3.05, 3.63) is 95.1 Å². The van der Waals surface area contributed by atoms with Crippen molar-refractivity contribution in [2.45, 2.75) is 19.4 Å². The van der Waals surface area contributed by atoms with E-state index in [0.29, 0.717) is 12.1 Å². The molecule has 1 aliphatic heterocycles. The molecule has 0 saturated heterocycles. The highest BCUT2D eigenvalue weighted by molar-refractivity contribution is 6.02. The van der Waals surface area contributed by atoms with E-state index in [9.17, 15) is 9.59 Å². The predicted octanol–water partition coefficient (Wildman–Crippen LogP) is 5.17. The molecule has 2 amide bonds. The quantitative estimate of drug-likeness (QED) is 0.468. The molecule has 0 aliphatic carbocycles. The highest BCUT2D eigenvalue weighted by Crippen LogP contribution is 2.45. The molecule has 0 unspecified atom stereocenters. The molecule has 1 N–H and O–H groups in total. The second kappa shape index (κ2) is 8.24.